The van der Waals surface area contributed by atoms with Gasteiger partial charge in [-0.1, -0.05) is 68.8 Å². The van der Waals surface area contributed by atoms with Crippen molar-refractivity contribution >= 4 is 11.5 Å². The second kappa shape index (κ2) is 4.93. The molecule has 1 unspecified atom stereocenters. The van der Waals surface area contributed by atoms with Gasteiger partial charge in [-0.3, -0.25) is 4.79 Å². The number of carbonyl (C=O) groups is 1. The monoisotopic (exact) mass is 270 g/mol. The van der Waals surface area contributed by atoms with Crippen molar-refractivity contribution in [3.8, 4) is 0 Å². The van der Waals surface area contributed by atoms with Gasteiger partial charge in [-0.15, -0.1) is 0 Å². The lowest BCUT2D eigenvalue weighted by atomic mass is 9.61. The van der Waals surface area contributed by atoms with Crippen molar-refractivity contribution in [1.82, 2.24) is 0 Å². The fourth-order valence-corrected chi connectivity index (χ4v) is 2.88. The van der Waals surface area contributed by atoms with Crippen LogP contribution in [0.2, 0.25) is 0 Å². The molecule has 1 aliphatic rings. The highest BCUT2D eigenvalue weighted by molar-refractivity contribution is 5.85. The minimum atomic E-state index is -0.824. The van der Waals surface area contributed by atoms with Crippen molar-refractivity contribution < 1.29 is 9.90 Å². The van der Waals surface area contributed by atoms with E-state index in [1.54, 1.807) is 0 Å². The molecule has 1 atom stereocenters. The zero-order valence-corrected chi connectivity index (χ0v) is 12.6. The van der Waals surface area contributed by atoms with Gasteiger partial charge < -0.3 is 5.11 Å². The second-order valence-electron chi connectivity index (χ2n) is 6.60. The summed E-state index contributed by atoms with van der Waals surface area (Å²) in [5.41, 5.74) is 2.28. The first-order valence-corrected chi connectivity index (χ1v) is 6.96. The number of benzene rings is 1. The van der Waals surface area contributed by atoms with Crippen molar-refractivity contribution in [2.75, 3.05) is 0 Å². The SMILES string of the molecule is CC1=C(c2ccccc2)C=CC(C(=O)O)(C(C)(C)C)C1. The molecule has 0 amide bonds. The van der Waals surface area contributed by atoms with E-state index in [-0.39, 0.29) is 5.41 Å². The molecule has 0 radical (unpaired) electrons. The number of carboxylic acid groups (broad SMARTS) is 1. The van der Waals surface area contributed by atoms with Gasteiger partial charge in [0, 0.05) is 0 Å². The van der Waals surface area contributed by atoms with Crippen molar-refractivity contribution in [3.05, 3.63) is 53.6 Å². The molecule has 2 heteroatoms. The molecule has 0 aromatic heterocycles. The maximum Gasteiger partial charge on any atom is 0.314 e. The molecule has 0 saturated carbocycles. The molecule has 20 heavy (non-hydrogen) atoms. The Morgan fingerprint density at radius 3 is 2.25 bits per heavy atom. The molecule has 0 spiro atoms. The minimum absolute atomic E-state index is 0.321. The van der Waals surface area contributed by atoms with Gasteiger partial charge in [0.2, 0.25) is 0 Å². The first kappa shape index (κ1) is 14.6. The summed E-state index contributed by atoms with van der Waals surface area (Å²) in [6, 6.07) is 10.1. The van der Waals surface area contributed by atoms with Crippen molar-refractivity contribution in [3.63, 3.8) is 0 Å². The Labute approximate surface area is 120 Å². The zero-order chi connectivity index (χ0) is 15.0. The van der Waals surface area contributed by atoms with Gasteiger partial charge in [0.25, 0.3) is 0 Å². The van der Waals surface area contributed by atoms with Crippen LogP contribution in [0.15, 0.2) is 48.1 Å². The van der Waals surface area contributed by atoms with E-state index in [0.29, 0.717) is 6.42 Å². The Morgan fingerprint density at radius 2 is 1.80 bits per heavy atom. The Morgan fingerprint density at radius 1 is 1.20 bits per heavy atom. The van der Waals surface area contributed by atoms with Crippen LogP contribution in [-0.2, 0) is 4.79 Å². The summed E-state index contributed by atoms with van der Waals surface area (Å²) >= 11 is 0. The maximum absolute atomic E-state index is 11.8. The van der Waals surface area contributed by atoms with Crippen LogP contribution in [0.5, 0.6) is 0 Å². The second-order valence-corrected chi connectivity index (χ2v) is 6.60. The van der Waals surface area contributed by atoms with Crippen molar-refractivity contribution in [1.29, 1.82) is 0 Å². The van der Waals surface area contributed by atoms with E-state index in [1.807, 2.05) is 58.0 Å². The lowest BCUT2D eigenvalue weighted by Gasteiger charge is -2.41. The average molecular weight is 270 g/mol. The third-order valence-corrected chi connectivity index (χ3v) is 4.34. The molecule has 1 aromatic carbocycles. The zero-order valence-electron chi connectivity index (χ0n) is 12.6. The van der Waals surface area contributed by atoms with Crippen LogP contribution in [-0.4, -0.2) is 11.1 Å². The van der Waals surface area contributed by atoms with Gasteiger partial charge >= 0.3 is 5.97 Å². The fraction of sp³-hybridized carbons (Fsp3) is 0.389. The molecule has 1 aliphatic carbocycles. The molecular formula is C18H22O2. The number of carboxylic acids is 1. The normalized spacial score (nSPS) is 23.0. The van der Waals surface area contributed by atoms with Crippen LogP contribution >= 0.6 is 0 Å². The summed E-state index contributed by atoms with van der Waals surface area (Å²) in [5.74, 6) is -0.743. The van der Waals surface area contributed by atoms with Crippen LogP contribution in [0, 0.1) is 10.8 Å². The van der Waals surface area contributed by atoms with Gasteiger partial charge in [0.15, 0.2) is 0 Å². The van der Waals surface area contributed by atoms with E-state index < -0.39 is 11.4 Å². The fourth-order valence-electron chi connectivity index (χ4n) is 2.88. The molecule has 1 N–H and O–H groups in total. The summed E-state index contributed by atoms with van der Waals surface area (Å²) in [4.78, 5) is 11.8. The number of hydrogen-bond acceptors (Lipinski definition) is 1. The molecule has 106 valence electrons. The number of hydrogen-bond donors (Lipinski definition) is 1. The summed E-state index contributed by atoms with van der Waals surface area (Å²) in [6.45, 7) is 8.01. The van der Waals surface area contributed by atoms with Gasteiger partial charge in [-0.2, -0.15) is 0 Å². The maximum atomic E-state index is 11.8. The van der Waals surface area contributed by atoms with Crippen LogP contribution < -0.4 is 0 Å². The van der Waals surface area contributed by atoms with E-state index >= 15 is 0 Å². The molecule has 2 rings (SSSR count). The Balaban J connectivity index is 2.45. The topological polar surface area (TPSA) is 37.3 Å². The largest absolute Gasteiger partial charge is 0.481 e. The summed E-state index contributed by atoms with van der Waals surface area (Å²) in [7, 11) is 0. The summed E-state index contributed by atoms with van der Waals surface area (Å²) in [6.07, 6.45) is 4.42. The van der Waals surface area contributed by atoms with E-state index in [1.165, 1.54) is 0 Å². The summed E-state index contributed by atoms with van der Waals surface area (Å²) < 4.78 is 0. The molecule has 1 aromatic rings. The predicted octanol–water partition coefficient (Wildman–Crippen LogP) is 4.54. The predicted molar refractivity (Wildman–Crippen MR) is 82.3 cm³/mol. The lowest BCUT2D eigenvalue weighted by molar-refractivity contribution is -0.151. The van der Waals surface area contributed by atoms with Crippen molar-refractivity contribution in [2.45, 2.75) is 34.1 Å². The third-order valence-electron chi connectivity index (χ3n) is 4.34. The first-order chi connectivity index (χ1) is 9.28. The number of aliphatic carboxylic acids is 1. The standard InChI is InChI=1S/C18H22O2/c1-13-12-18(16(19)20,17(2,3)4)11-10-15(13)14-8-6-5-7-9-14/h5-11H,12H2,1-4H3,(H,19,20). The van der Waals surface area contributed by atoms with Gasteiger partial charge in [0.1, 0.15) is 0 Å². The first-order valence-electron chi connectivity index (χ1n) is 6.96. The molecule has 2 nitrogen and oxygen atoms in total. The molecule has 0 fully saturated rings. The van der Waals surface area contributed by atoms with E-state index in [0.717, 1.165) is 16.7 Å². The van der Waals surface area contributed by atoms with Crippen LogP contribution in [0.25, 0.3) is 5.57 Å². The molecule has 0 saturated heterocycles. The van der Waals surface area contributed by atoms with Gasteiger partial charge in [0.05, 0.1) is 5.41 Å². The average Bonchev–Trinajstić information content (AvgIpc) is 2.38. The van der Waals surface area contributed by atoms with Crippen LogP contribution in [0.1, 0.15) is 39.7 Å². The Kier molecular flexibility index (Phi) is 3.59. The smallest absolute Gasteiger partial charge is 0.314 e. The highest BCUT2D eigenvalue weighted by Crippen LogP contribution is 2.49. The quantitative estimate of drug-likeness (QED) is 0.856. The molecule has 0 aliphatic heterocycles. The van der Waals surface area contributed by atoms with E-state index in [9.17, 15) is 9.90 Å². The van der Waals surface area contributed by atoms with E-state index in [4.69, 9.17) is 0 Å². The molecular weight excluding hydrogens is 248 g/mol. The van der Waals surface area contributed by atoms with Gasteiger partial charge in [-0.05, 0) is 29.9 Å². The highest BCUT2D eigenvalue weighted by Gasteiger charge is 2.48. The van der Waals surface area contributed by atoms with Crippen LogP contribution in [0.4, 0.5) is 0 Å². The number of rotatable bonds is 2. The Bertz CT molecular complexity index is 573. The molecule has 0 heterocycles. The number of allylic oxidation sites excluding steroid dienone is 3. The van der Waals surface area contributed by atoms with E-state index in [2.05, 4.69) is 12.1 Å². The van der Waals surface area contributed by atoms with Crippen molar-refractivity contribution in [2.24, 2.45) is 10.8 Å². The molecule has 0 bridgehead atoms. The summed E-state index contributed by atoms with van der Waals surface area (Å²) in [5, 5.41) is 9.73. The highest BCUT2D eigenvalue weighted by atomic mass is 16.4. The third kappa shape index (κ3) is 2.31. The van der Waals surface area contributed by atoms with Gasteiger partial charge in [-0.25, -0.2) is 0 Å². The minimum Gasteiger partial charge on any atom is -0.481 e. The van der Waals surface area contributed by atoms with Crippen LogP contribution in [0.3, 0.4) is 0 Å². The lowest BCUT2D eigenvalue weighted by Crippen LogP contribution is -2.42. The Hall–Kier alpha value is -1.83.